The summed E-state index contributed by atoms with van der Waals surface area (Å²) in [4.78, 5) is 0. The highest BCUT2D eigenvalue weighted by Gasteiger charge is 2.24. The number of halogens is 2. The molecular weight excluding hydrogens is 271 g/mol. The van der Waals surface area contributed by atoms with Crippen molar-refractivity contribution >= 4 is 42.2 Å². The predicted molar refractivity (Wildman–Crippen MR) is 78.6 cm³/mol. The standard InChI is InChI=1S/C13H10N2O.2ClH/c14-12-4-3-10-9-2-1-8(16)5-7(9)6-11(10)13(12)15;;/h1-6,15-16H,14H2;2*1H. The van der Waals surface area contributed by atoms with E-state index in [1.54, 1.807) is 18.2 Å². The lowest BCUT2D eigenvalue weighted by atomic mass is 9.94. The summed E-state index contributed by atoms with van der Waals surface area (Å²) in [5.74, 6) is 0.238. The molecule has 0 saturated heterocycles. The second kappa shape index (κ2) is 4.88. The summed E-state index contributed by atoms with van der Waals surface area (Å²) in [5.41, 5.74) is 10.4. The summed E-state index contributed by atoms with van der Waals surface area (Å²) in [6.07, 6.45) is 5.56. The summed E-state index contributed by atoms with van der Waals surface area (Å²) in [7, 11) is 0. The minimum atomic E-state index is 0. The van der Waals surface area contributed by atoms with Crippen LogP contribution in [-0.2, 0) is 0 Å². The summed E-state index contributed by atoms with van der Waals surface area (Å²) in [6.45, 7) is 0. The molecule has 3 rings (SSSR count). The highest BCUT2D eigenvalue weighted by molar-refractivity contribution is 6.26. The molecule has 0 fully saturated rings. The lowest BCUT2D eigenvalue weighted by Crippen LogP contribution is -2.15. The van der Waals surface area contributed by atoms with Crippen molar-refractivity contribution in [2.45, 2.75) is 0 Å². The molecule has 2 aliphatic carbocycles. The van der Waals surface area contributed by atoms with Crippen LogP contribution in [0.4, 0.5) is 0 Å². The molecule has 0 amide bonds. The van der Waals surface area contributed by atoms with Crippen LogP contribution >= 0.6 is 24.8 Å². The molecule has 5 heteroatoms. The van der Waals surface area contributed by atoms with E-state index in [9.17, 15) is 5.11 Å². The number of phenols is 1. The molecule has 0 aliphatic heterocycles. The van der Waals surface area contributed by atoms with E-state index < -0.39 is 0 Å². The number of fused-ring (bicyclic) bond motifs is 3. The second-order valence-corrected chi connectivity index (χ2v) is 3.91. The highest BCUT2D eigenvalue weighted by atomic mass is 35.5. The van der Waals surface area contributed by atoms with E-state index in [0.29, 0.717) is 11.4 Å². The van der Waals surface area contributed by atoms with Gasteiger partial charge in [0.25, 0.3) is 0 Å². The zero-order valence-corrected chi connectivity index (χ0v) is 10.9. The maximum atomic E-state index is 9.41. The van der Waals surface area contributed by atoms with E-state index in [0.717, 1.165) is 22.3 Å². The third-order valence-electron chi connectivity index (χ3n) is 2.90. The van der Waals surface area contributed by atoms with Gasteiger partial charge in [-0.2, -0.15) is 0 Å². The van der Waals surface area contributed by atoms with Crippen molar-refractivity contribution in [2.75, 3.05) is 0 Å². The van der Waals surface area contributed by atoms with E-state index in [2.05, 4.69) is 0 Å². The number of rotatable bonds is 0. The van der Waals surface area contributed by atoms with Gasteiger partial charge in [-0.3, -0.25) is 5.41 Å². The smallest absolute Gasteiger partial charge is 0.116 e. The van der Waals surface area contributed by atoms with Gasteiger partial charge in [-0.15, -0.1) is 24.8 Å². The minimum Gasteiger partial charge on any atom is -0.508 e. The zero-order chi connectivity index (χ0) is 11.3. The van der Waals surface area contributed by atoms with E-state index in [1.807, 2.05) is 18.2 Å². The van der Waals surface area contributed by atoms with Gasteiger partial charge < -0.3 is 10.8 Å². The van der Waals surface area contributed by atoms with Gasteiger partial charge in [0.2, 0.25) is 0 Å². The Kier molecular flexibility index (Phi) is 3.89. The number of aromatic hydroxyl groups is 1. The maximum Gasteiger partial charge on any atom is 0.116 e. The molecule has 18 heavy (non-hydrogen) atoms. The van der Waals surface area contributed by atoms with Gasteiger partial charge in [0, 0.05) is 5.57 Å². The van der Waals surface area contributed by atoms with Crippen molar-refractivity contribution in [1.82, 2.24) is 0 Å². The first-order valence-electron chi connectivity index (χ1n) is 4.99. The summed E-state index contributed by atoms with van der Waals surface area (Å²) >= 11 is 0. The van der Waals surface area contributed by atoms with Crippen molar-refractivity contribution in [1.29, 1.82) is 5.41 Å². The molecule has 94 valence electrons. The molecule has 0 heterocycles. The molecule has 0 spiro atoms. The molecule has 4 N–H and O–H groups in total. The van der Waals surface area contributed by atoms with E-state index >= 15 is 0 Å². The summed E-state index contributed by atoms with van der Waals surface area (Å²) in [5, 5.41) is 17.3. The zero-order valence-electron chi connectivity index (χ0n) is 9.31. The fourth-order valence-electron chi connectivity index (χ4n) is 2.09. The SMILES string of the molecule is Cl.Cl.N=C1C(N)=CC=C2C1=Cc1cc(O)ccc12. The number of phenolic OH excluding ortho intramolecular Hbond substituents is 1. The predicted octanol–water partition coefficient (Wildman–Crippen LogP) is 2.89. The Hall–Kier alpha value is -1.71. The topological polar surface area (TPSA) is 70.1 Å². The number of nitrogens with two attached hydrogens (primary N) is 1. The Bertz CT molecular complexity index is 615. The third-order valence-corrected chi connectivity index (χ3v) is 2.90. The van der Waals surface area contributed by atoms with Crippen LogP contribution in [0.3, 0.4) is 0 Å². The van der Waals surface area contributed by atoms with Crippen LogP contribution in [0.2, 0.25) is 0 Å². The van der Waals surface area contributed by atoms with Crippen LogP contribution in [0.1, 0.15) is 11.1 Å². The summed E-state index contributed by atoms with van der Waals surface area (Å²) < 4.78 is 0. The molecule has 2 aliphatic rings. The van der Waals surface area contributed by atoms with Gasteiger partial charge in [-0.1, -0.05) is 12.1 Å². The first-order chi connectivity index (χ1) is 7.66. The maximum absolute atomic E-state index is 9.41. The van der Waals surface area contributed by atoms with Crippen molar-refractivity contribution in [3.8, 4) is 5.75 Å². The quantitative estimate of drug-likeness (QED) is 0.685. The highest BCUT2D eigenvalue weighted by Crippen LogP contribution is 2.39. The van der Waals surface area contributed by atoms with Crippen LogP contribution in [-0.4, -0.2) is 10.8 Å². The Morgan fingerprint density at radius 3 is 2.50 bits per heavy atom. The molecule has 0 atom stereocenters. The van der Waals surface area contributed by atoms with E-state index in [-0.39, 0.29) is 30.6 Å². The van der Waals surface area contributed by atoms with Crippen molar-refractivity contribution in [2.24, 2.45) is 5.73 Å². The Morgan fingerprint density at radius 1 is 1.06 bits per heavy atom. The molecule has 1 aromatic carbocycles. The Balaban J connectivity index is 0.000000810. The molecule has 0 aromatic heterocycles. The van der Waals surface area contributed by atoms with Gasteiger partial charge in [0.15, 0.2) is 0 Å². The molecule has 0 saturated carbocycles. The number of nitrogens with one attached hydrogen (secondary N) is 1. The normalized spacial score (nSPS) is 15.3. The fraction of sp³-hybridized carbons (Fsp3) is 0. The van der Waals surface area contributed by atoms with Gasteiger partial charge >= 0.3 is 0 Å². The van der Waals surface area contributed by atoms with Crippen LogP contribution in [0.25, 0.3) is 11.6 Å². The van der Waals surface area contributed by atoms with Crippen LogP contribution in [0, 0.1) is 5.41 Å². The molecule has 0 radical (unpaired) electrons. The average Bonchev–Trinajstić information content (AvgIpc) is 2.62. The van der Waals surface area contributed by atoms with Gasteiger partial charge in [0.05, 0.1) is 11.4 Å². The fourth-order valence-corrected chi connectivity index (χ4v) is 2.09. The molecule has 0 bridgehead atoms. The molecular formula is C13H12Cl2N2O. The molecule has 1 aromatic rings. The second-order valence-electron chi connectivity index (χ2n) is 3.91. The van der Waals surface area contributed by atoms with Crippen molar-refractivity contribution in [3.63, 3.8) is 0 Å². The van der Waals surface area contributed by atoms with Gasteiger partial charge in [-0.05, 0) is 41.0 Å². The minimum absolute atomic E-state index is 0. The molecule has 0 unspecified atom stereocenters. The molecule has 3 nitrogen and oxygen atoms in total. The lowest BCUT2D eigenvalue weighted by Gasteiger charge is -2.13. The van der Waals surface area contributed by atoms with Crippen molar-refractivity contribution in [3.05, 3.63) is 52.7 Å². The third kappa shape index (κ3) is 1.92. The van der Waals surface area contributed by atoms with Crippen LogP contribution in [0.5, 0.6) is 5.75 Å². The first-order valence-corrected chi connectivity index (χ1v) is 4.99. The first kappa shape index (κ1) is 14.4. The van der Waals surface area contributed by atoms with Gasteiger partial charge in [0.1, 0.15) is 5.75 Å². The van der Waals surface area contributed by atoms with Crippen molar-refractivity contribution < 1.29 is 5.11 Å². The largest absolute Gasteiger partial charge is 0.508 e. The number of allylic oxidation sites excluding steroid dienone is 4. The number of hydrogen-bond donors (Lipinski definition) is 3. The number of hydrogen-bond acceptors (Lipinski definition) is 3. The summed E-state index contributed by atoms with van der Waals surface area (Å²) in [6, 6.07) is 5.22. The van der Waals surface area contributed by atoms with Crippen LogP contribution in [0.15, 0.2) is 41.6 Å². The monoisotopic (exact) mass is 282 g/mol. The number of benzene rings is 1. The average molecular weight is 283 g/mol. The van der Waals surface area contributed by atoms with E-state index in [1.165, 1.54) is 0 Å². The Morgan fingerprint density at radius 2 is 1.78 bits per heavy atom. The van der Waals surface area contributed by atoms with E-state index in [4.69, 9.17) is 11.1 Å². The Labute approximate surface area is 117 Å². The van der Waals surface area contributed by atoms with Crippen LogP contribution < -0.4 is 5.73 Å². The lowest BCUT2D eigenvalue weighted by molar-refractivity contribution is 0.475. The van der Waals surface area contributed by atoms with Gasteiger partial charge in [-0.25, -0.2) is 0 Å².